The highest BCUT2D eigenvalue weighted by Gasteiger charge is 2.15. The third-order valence-corrected chi connectivity index (χ3v) is 3.02. The lowest BCUT2D eigenvalue weighted by molar-refractivity contribution is 0.183. The standard InChI is InChI=1S/C11H19BrN4O/c1-5-13-11-14-6-9(12)10(15-11)16(3)8(2)7-17-4/h6,8H,5,7H2,1-4H3,(H,13,14,15). The zero-order valence-electron chi connectivity index (χ0n) is 10.7. The summed E-state index contributed by atoms with van der Waals surface area (Å²) in [6.45, 7) is 5.56. The molecule has 0 bridgehead atoms. The van der Waals surface area contributed by atoms with Gasteiger partial charge in [0.15, 0.2) is 0 Å². The van der Waals surface area contributed by atoms with E-state index in [2.05, 4.69) is 43.0 Å². The van der Waals surface area contributed by atoms with E-state index in [-0.39, 0.29) is 6.04 Å². The highest BCUT2D eigenvalue weighted by atomic mass is 79.9. The number of anilines is 2. The van der Waals surface area contributed by atoms with E-state index in [4.69, 9.17) is 4.74 Å². The van der Waals surface area contributed by atoms with Gasteiger partial charge < -0.3 is 15.0 Å². The number of ether oxygens (including phenoxy) is 1. The van der Waals surface area contributed by atoms with Crippen LogP contribution in [-0.2, 0) is 4.74 Å². The van der Waals surface area contributed by atoms with E-state index in [0.29, 0.717) is 12.6 Å². The first-order valence-electron chi connectivity index (χ1n) is 5.58. The third kappa shape index (κ3) is 3.81. The Kier molecular flexibility index (Phi) is 5.64. The maximum Gasteiger partial charge on any atom is 0.224 e. The van der Waals surface area contributed by atoms with Crippen LogP contribution in [0.25, 0.3) is 0 Å². The lowest BCUT2D eigenvalue weighted by Crippen LogP contribution is -2.33. The lowest BCUT2D eigenvalue weighted by atomic mass is 10.3. The molecule has 96 valence electrons. The van der Waals surface area contributed by atoms with Crippen molar-refractivity contribution >= 4 is 27.7 Å². The Balaban J connectivity index is 2.90. The third-order valence-electron chi connectivity index (χ3n) is 2.46. The van der Waals surface area contributed by atoms with E-state index in [1.54, 1.807) is 13.3 Å². The Morgan fingerprint density at radius 3 is 2.88 bits per heavy atom. The van der Waals surface area contributed by atoms with Crippen molar-refractivity contribution < 1.29 is 4.74 Å². The Bertz CT molecular complexity index is 361. The van der Waals surface area contributed by atoms with E-state index in [1.165, 1.54) is 0 Å². The summed E-state index contributed by atoms with van der Waals surface area (Å²) in [5, 5.41) is 3.10. The maximum absolute atomic E-state index is 5.15. The van der Waals surface area contributed by atoms with Crippen LogP contribution in [0, 0.1) is 0 Å². The normalized spacial score (nSPS) is 12.3. The number of methoxy groups -OCH3 is 1. The van der Waals surface area contributed by atoms with Crippen molar-refractivity contribution in [2.75, 3.05) is 37.5 Å². The lowest BCUT2D eigenvalue weighted by Gasteiger charge is -2.26. The molecule has 1 unspecified atom stereocenters. The molecule has 0 aliphatic carbocycles. The van der Waals surface area contributed by atoms with Crippen molar-refractivity contribution in [3.05, 3.63) is 10.7 Å². The molecule has 0 saturated heterocycles. The first kappa shape index (κ1) is 14.2. The topological polar surface area (TPSA) is 50.3 Å². The van der Waals surface area contributed by atoms with Crippen LogP contribution >= 0.6 is 15.9 Å². The largest absolute Gasteiger partial charge is 0.383 e. The molecule has 0 spiro atoms. The van der Waals surface area contributed by atoms with Crippen LogP contribution in [0.15, 0.2) is 10.7 Å². The summed E-state index contributed by atoms with van der Waals surface area (Å²) in [6, 6.07) is 0.251. The van der Waals surface area contributed by atoms with Gasteiger partial charge in [0.2, 0.25) is 5.95 Å². The Hall–Kier alpha value is -0.880. The average Bonchev–Trinajstić information content (AvgIpc) is 2.31. The Morgan fingerprint density at radius 1 is 1.59 bits per heavy atom. The van der Waals surface area contributed by atoms with Crippen LogP contribution in [0.5, 0.6) is 0 Å². The second-order valence-electron chi connectivity index (χ2n) is 3.81. The number of nitrogens with zero attached hydrogens (tertiary/aromatic N) is 3. The molecule has 0 aliphatic heterocycles. The number of likely N-dealkylation sites (N-methyl/N-ethyl adjacent to an activating group) is 1. The van der Waals surface area contributed by atoms with Crippen LogP contribution in [0.3, 0.4) is 0 Å². The van der Waals surface area contributed by atoms with Gasteiger partial charge >= 0.3 is 0 Å². The zero-order chi connectivity index (χ0) is 12.8. The minimum atomic E-state index is 0.251. The van der Waals surface area contributed by atoms with E-state index in [9.17, 15) is 0 Å². The van der Waals surface area contributed by atoms with Crippen LogP contribution < -0.4 is 10.2 Å². The number of aromatic nitrogens is 2. The van der Waals surface area contributed by atoms with E-state index >= 15 is 0 Å². The van der Waals surface area contributed by atoms with Crippen molar-refractivity contribution in [3.63, 3.8) is 0 Å². The van der Waals surface area contributed by atoms with Crippen LogP contribution in [0.2, 0.25) is 0 Å². The number of halogens is 1. The van der Waals surface area contributed by atoms with Crippen LogP contribution in [0.4, 0.5) is 11.8 Å². The smallest absolute Gasteiger partial charge is 0.224 e. The quantitative estimate of drug-likeness (QED) is 0.872. The molecule has 0 aromatic carbocycles. The molecule has 0 aliphatic rings. The van der Waals surface area contributed by atoms with Gasteiger partial charge in [0.05, 0.1) is 17.1 Å². The van der Waals surface area contributed by atoms with Crippen molar-refractivity contribution in [3.8, 4) is 0 Å². The summed E-state index contributed by atoms with van der Waals surface area (Å²) in [7, 11) is 3.69. The molecule has 17 heavy (non-hydrogen) atoms. The summed E-state index contributed by atoms with van der Waals surface area (Å²) in [6.07, 6.45) is 1.76. The number of hydrogen-bond donors (Lipinski definition) is 1. The summed E-state index contributed by atoms with van der Waals surface area (Å²) < 4.78 is 6.03. The molecular formula is C11H19BrN4O. The fourth-order valence-electron chi connectivity index (χ4n) is 1.41. The Morgan fingerprint density at radius 2 is 2.29 bits per heavy atom. The second-order valence-corrected chi connectivity index (χ2v) is 4.67. The van der Waals surface area contributed by atoms with E-state index in [1.807, 2.05) is 14.0 Å². The Labute approximate surface area is 111 Å². The van der Waals surface area contributed by atoms with Crippen molar-refractivity contribution in [2.45, 2.75) is 19.9 Å². The highest BCUT2D eigenvalue weighted by molar-refractivity contribution is 9.10. The molecule has 1 N–H and O–H groups in total. The summed E-state index contributed by atoms with van der Waals surface area (Å²) in [5.74, 6) is 1.50. The van der Waals surface area contributed by atoms with Gasteiger partial charge in [-0.3, -0.25) is 0 Å². The van der Waals surface area contributed by atoms with Crippen molar-refractivity contribution in [1.29, 1.82) is 0 Å². The molecule has 0 radical (unpaired) electrons. The highest BCUT2D eigenvalue weighted by Crippen LogP contribution is 2.24. The minimum absolute atomic E-state index is 0.251. The first-order chi connectivity index (χ1) is 8.10. The zero-order valence-corrected chi connectivity index (χ0v) is 12.3. The van der Waals surface area contributed by atoms with Crippen LogP contribution in [-0.4, -0.2) is 43.3 Å². The minimum Gasteiger partial charge on any atom is -0.383 e. The van der Waals surface area contributed by atoms with Gasteiger partial charge in [0, 0.05) is 26.9 Å². The average molecular weight is 303 g/mol. The van der Waals surface area contributed by atoms with Gasteiger partial charge in [-0.15, -0.1) is 0 Å². The van der Waals surface area contributed by atoms with Gasteiger partial charge in [-0.25, -0.2) is 4.98 Å². The summed E-state index contributed by atoms with van der Waals surface area (Å²) in [4.78, 5) is 10.7. The fraction of sp³-hybridized carbons (Fsp3) is 0.636. The molecule has 1 aromatic rings. The van der Waals surface area contributed by atoms with Crippen LogP contribution in [0.1, 0.15) is 13.8 Å². The maximum atomic E-state index is 5.15. The van der Waals surface area contributed by atoms with E-state index in [0.717, 1.165) is 16.8 Å². The molecular weight excluding hydrogens is 284 g/mol. The van der Waals surface area contributed by atoms with Crippen molar-refractivity contribution in [1.82, 2.24) is 9.97 Å². The molecule has 1 atom stereocenters. The second kappa shape index (κ2) is 6.76. The van der Waals surface area contributed by atoms with Gasteiger partial charge in [0.1, 0.15) is 5.82 Å². The predicted octanol–water partition coefficient (Wildman–Crippen LogP) is 2.14. The van der Waals surface area contributed by atoms with Gasteiger partial charge in [-0.1, -0.05) is 0 Å². The number of hydrogen-bond acceptors (Lipinski definition) is 5. The summed E-state index contributed by atoms with van der Waals surface area (Å²) >= 11 is 3.47. The molecule has 1 heterocycles. The van der Waals surface area contributed by atoms with Gasteiger partial charge in [-0.2, -0.15) is 4.98 Å². The first-order valence-corrected chi connectivity index (χ1v) is 6.37. The molecule has 0 amide bonds. The molecule has 1 rings (SSSR count). The van der Waals surface area contributed by atoms with E-state index < -0.39 is 0 Å². The number of nitrogens with one attached hydrogen (secondary N) is 1. The van der Waals surface area contributed by atoms with Crippen molar-refractivity contribution in [2.24, 2.45) is 0 Å². The molecule has 5 nitrogen and oxygen atoms in total. The van der Waals surface area contributed by atoms with Gasteiger partial charge in [0.25, 0.3) is 0 Å². The molecule has 0 fully saturated rings. The number of rotatable bonds is 6. The molecule has 1 aromatic heterocycles. The molecule has 0 saturated carbocycles. The fourth-order valence-corrected chi connectivity index (χ4v) is 1.88. The monoisotopic (exact) mass is 302 g/mol. The SMILES string of the molecule is CCNc1ncc(Br)c(N(C)C(C)COC)n1. The summed E-state index contributed by atoms with van der Waals surface area (Å²) in [5.41, 5.74) is 0. The predicted molar refractivity (Wildman–Crippen MR) is 73.6 cm³/mol. The van der Waals surface area contributed by atoms with Gasteiger partial charge in [-0.05, 0) is 29.8 Å². The molecule has 6 heteroatoms.